The van der Waals surface area contributed by atoms with E-state index in [1.54, 1.807) is 43.3 Å². The van der Waals surface area contributed by atoms with Crippen LogP contribution in [-0.4, -0.2) is 24.1 Å². The van der Waals surface area contributed by atoms with Crippen LogP contribution in [0.3, 0.4) is 0 Å². The number of aryl methyl sites for hydroxylation is 1. The van der Waals surface area contributed by atoms with Crippen molar-refractivity contribution in [1.82, 2.24) is 9.97 Å². The topological polar surface area (TPSA) is 41.1 Å². The number of halogens is 1. The Balaban J connectivity index is 2.43. The number of nitrogens with one attached hydrogen (secondary N) is 1. The number of aromatic nitrogens is 2. The summed E-state index contributed by atoms with van der Waals surface area (Å²) in [6, 6.07) is 8.43. The second-order valence-electron chi connectivity index (χ2n) is 4.14. The minimum absolute atomic E-state index is 0.271. The van der Waals surface area contributed by atoms with Crippen LogP contribution in [0.5, 0.6) is 0 Å². The smallest absolute Gasteiger partial charge is 0.146 e. The lowest BCUT2D eigenvalue weighted by molar-refractivity contribution is 0.627. The van der Waals surface area contributed by atoms with Gasteiger partial charge in [0.2, 0.25) is 0 Å². The monoisotopic (exact) mass is 260 g/mol. The highest BCUT2D eigenvalue weighted by molar-refractivity contribution is 5.62. The summed E-state index contributed by atoms with van der Waals surface area (Å²) in [4.78, 5) is 10.5. The maximum Gasteiger partial charge on any atom is 0.146 e. The van der Waals surface area contributed by atoms with Gasteiger partial charge in [-0.25, -0.2) is 14.4 Å². The molecule has 100 valence electrons. The molecule has 1 N–H and O–H groups in total. The van der Waals surface area contributed by atoms with Crippen molar-refractivity contribution in [2.45, 2.75) is 13.3 Å². The Morgan fingerprint density at radius 1 is 1.26 bits per heavy atom. The molecule has 0 fully saturated rings. The molecule has 0 radical (unpaired) electrons. The predicted molar refractivity (Wildman–Crippen MR) is 75.4 cm³/mol. The van der Waals surface area contributed by atoms with Gasteiger partial charge in [-0.15, -0.1) is 0 Å². The van der Waals surface area contributed by atoms with Crippen LogP contribution in [0.4, 0.5) is 21.7 Å². The van der Waals surface area contributed by atoms with Crippen LogP contribution in [0.1, 0.15) is 12.7 Å². The molecular weight excluding hydrogens is 243 g/mol. The van der Waals surface area contributed by atoms with Crippen molar-refractivity contribution in [1.29, 1.82) is 0 Å². The number of nitrogens with zero attached hydrogens (tertiary/aromatic N) is 3. The van der Waals surface area contributed by atoms with E-state index in [9.17, 15) is 4.39 Å². The van der Waals surface area contributed by atoms with Gasteiger partial charge in [0.25, 0.3) is 0 Å². The van der Waals surface area contributed by atoms with Gasteiger partial charge in [0.05, 0.1) is 5.69 Å². The summed E-state index contributed by atoms with van der Waals surface area (Å²) in [6.07, 6.45) is 0.730. The third kappa shape index (κ3) is 2.81. The molecule has 0 saturated heterocycles. The van der Waals surface area contributed by atoms with Crippen LogP contribution in [-0.2, 0) is 6.42 Å². The highest BCUT2D eigenvalue weighted by Crippen LogP contribution is 2.25. The zero-order valence-electron chi connectivity index (χ0n) is 11.3. The van der Waals surface area contributed by atoms with E-state index >= 15 is 0 Å². The zero-order valence-corrected chi connectivity index (χ0v) is 11.3. The molecule has 5 heteroatoms. The molecule has 1 heterocycles. The van der Waals surface area contributed by atoms with E-state index in [1.807, 2.05) is 6.92 Å². The minimum Gasteiger partial charge on any atom is -0.373 e. The molecule has 1 aromatic carbocycles. The van der Waals surface area contributed by atoms with Crippen molar-refractivity contribution in [3.8, 4) is 0 Å². The number of hydrogen-bond donors (Lipinski definition) is 1. The molecule has 0 unspecified atom stereocenters. The predicted octanol–water partition coefficient (Wildman–Crippen LogP) is 2.99. The Kier molecular flexibility index (Phi) is 3.94. The van der Waals surface area contributed by atoms with Gasteiger partial charge in [-0.2, -0.15) is 0 Å². The number of hydrogen-bond acceptors (Lipinski definition) is 4. The van der Waals surface area contributed by atoms with Crippen molar-refractivity contribution in [3.63, 3.8) is 0 Å². The van der Waals surface area contributed by atoms with Crippen LogP contribution >= 0.6 is 0 Å². The SMILES string of the molecule is CCc1nc(NC)cc(N(C)c2ccccc2F)n1. The lowest BCUT2D eigenvalue weighted by Gasteiger charge is -2.20. The van der Waals surface area contributed by atoms with Gasteiger partial charge in [0.1, 0.15) is 23.3 Å². The number of rotatable bonds is 4. The molecule has 0 aliphatic heterocycles. The normalized spacial score (nSPS) is 10.3. The van der Waals surface area contributed by atoms with Gasteiger partial charge < -0.3 is 10.2 Å². The Hall–Kier alpha value is -2.17. The largest absolute Gasteiger partial charge is 0.373 e. The summed E-state index contributed by atoms with van der Waals surface area (Å²) in [5.74, 6) is 1.85. The first-order chi connectivity index (χ1) is 9.15. The molecule has 0 bridgehead atoms. The lowest BCUT2D eigenvalue weighted by Crippen LogP contribution is -2.14. The van der Waals surface area contributed by atoms with Gasteiger partial charge in [-0.3, -0.25) is 0 Å². The summed E-state index contributed by atoms with van der Waals surface area (Å²) in [5.41, 5.74) is 0.491. The third-order valence-electron chi connectivity index (χ3n) is 2.89. The molecule has 0 saturated carbocycles. The number of anilines is 3. The summed E-state index contributed by atoms with van der Waals surface area (Å²) in [7, 11) is 3.59. The van der Waals surface area contributed by atoms with E-state index in [-0.39, 0.29) is 5.82 Å². The Labute approximate surface area is 112 Å². The fourth-order valence-corrected chi connectivity index (χ4v) is 1.79. The summed E-state index contributed by atoms with van der Waals surface area (Å²) < 4.78 is 13.8. The fourth-order valence-electron chi connectivity index (χ4n) is 1.79. The maximum absolute atomic E-state index is 13.8. The Bertz CT molecular complexity index is 549. The van der Waals surface area contributed by atoms with Crippen molar-refractivity contribution in [2.24, 2.45) is 0 Å². The molecule has 0 atom stereocenters. The van der Waals surface area contributed by atoms with Crippen molar-refractivity contribution in [2.75, 3.05) is 24.3 Å². The molecule has 2 rings (SSSR count). The van der Waals surface area contributed by atoms with Gasteiger partial charge >= 0.3 is 0 Å². The second kappa shape index (κ2) is 5.65. The second-order valence-corrected chi connectivity index (χ2v) is 4.14. The average Bonchev–Trinajstić information content (AvgIpc) is 2.46. The molecule has 19 heavy (non-hydrogen) atoms. The standard InChI is InChI=1S/C14H17FN4/c1-4-12-17-13(16-2)9-14(18-12)19(3)11-8-6-5-7-10(11)15/h5-9H,4H2,1-3H3,(H,16,17,18). The van der Waals surface area contributed by atoms with Crippen LogP contribution in [0.15, 0.2) is 30.3 Å². The van der Waals surface area contributed by atoms with Crippen molar-refractivity contribution < 1.29 is 4.39 Å². The Morgan fingerprint density at radius 2 is 2.00 bits per heavy atom. The van der Waals surface area contributed by atoms with Gasteiger partial charge in [-0.05, 0) is 12.1 Å². The summed E-state index contributed by atoms with van der Waals surface area (Å²) in [5, 5.41) is 2.99. The van der Waals surface area contributed by atoms with E-state index in [1.165, 1.54) is 6.07 Å². The molecule has 0 aliphatic rings. The molecule has 2 aromatic rings. The first kappa shape index (κ1) is 13.3. The molecule has 0 amide bonds. The fraction of sp³-hybridized carbons (Fsp3) is 0.286. The number of benzene rings is 1. The first-order valence-corrected chi connectivity index (χ1v) is 6.19. The third-order valence-corrected chi connectivity index (χ3v) is 2.89. The quantitative estimate of drug-likeness (QED) is 0.917. The highest BCUT2D eigenvalue weighted by Gasteiger charge is 2.12. The number of para-hydroxylation sites is 1. The molecule has 0 spiro atoms. The zero-order chi connectivity index (χ0) is 13.8. The van der Waals surface area contributed by atoms with E-state index < -0.39 is 0 Å². The first-order valence-electron chi connectivity index (χ1n) is 6.19. The lowest BCUT2D eigenvalue weighted by atomic mass is 10.3. The summed E-state index contributed by atoms with van der Waals surface area (Å²) >= 11 is 0. The van der Waals surface area contributed by atoms with Crippen LogP contribution < -0.4 is 10.2 Å². The van der Waals surface area contributed by atoms with E-state index in [0.717, 1.165) is 18.1 Å². The Morgan fingerprint density at radius 3 is 2.63 bits per heavy atom. The molecule has 4 nitrogen and oxygen atoms in total. The average molecular weight is 260 g/mol. The van der Waals surface area contributed by atoms with Gasteiger partial charge in [-0.1, -0.05) is 19.1 Å². The van der Waals surface area contributed by atoms with Crippen LogP contribution in [0, 0.1) is 5.82 Å². The molecule has 1 aromatic heterocycles. The van der Waals surface area contributed by atoms with E-state index in [0.29, 0.717) is 11.5 Å². The van der Waals surface area contributed by atoms with Crippen LogP contribution in [0.25, 0.3) is 0 Å². The van der Waals surface area contributed by atoms with E-state index in [2.05, 4.69) is 15.3 Å². The van der Waals surface area contributed by atoms with Gasteiger partial charge in [0.15, 0.2) is 0 Å². The molecular formula is C14H17FN4. The minimum atomic E-state index is -0.271. The van der Waals surface area contributed by atoms with Crippen molar-refractivity contribution >= 4 is 17.3 Å². The highest BCUT2D eigenvalue weighted by atomic mass is 19.1. The van der Waals surface area contributed by atoms with Crippen LogP contribution in [0.2, 0.25) is 0 Å². The van der Waals surface area contributed by atoms with E-state index in [4.69, 9.17) is 0 Å². The summed E-state index contributed by atoms with van der Waals surface area (Å²) in [6.45, 7) is 1.99. The van der Waals surface area contributed by atoms with Crippen molar-refractivity contribution in [3.05, 3.63) is 42.0 Å². The van der Waals surface area contributed by atoms with Gasteiger partial charge in [0, 0.05) is 26.6 Å². The molecule has 0 aliphatic carbocycles. The maximum atomic E-state index is 13.8.